The van der Waals surface area contributed by atoms with Crippen LogP contribution < -0.4 is 4.90 Å². The molecule has 0 aliphatic heterocycles. The Morgan fingerprint density at radius 1 is 1.07 bits per heavy atom. The third-order valence-electron chi connectivity index (χ3n) is 4.51. The molecule has 3 aromatic rings. The fraction of sp³-hybridized carbons (Fsp3) is 0.273. The molecular formula is C22H24ClN3OS. The second-order valence-electron chi connectivity index (χ2n) is 7.02. The lowest BCUT2D eigenvalue weighted by atomic mass is 10.1. The van der Waals surface area contributed by atoms with Crippen molar-refractivity contribution < 1.29 is 4.79 Å². The zero-order valence-corrected chi connectivity index (χ0v) is 18.1. The van der Waals surface area contributed by atoms with Crippen LogP contribution in [-0.4, -0.2) is 22.8 Å². The molecule has 6 heteroatoms. The number of rotatable bonds is 6. The van der Waals surface area contributed by atoms with Gasteiger partial charge in [-0.1, -0.05) is 41.9 Å². The van der Waals surface area contributed by atoms with E-state index in [1.54, 1.807) is 11.8 Å². The number of hydrogen-bond acceptors (Lipinski definition) is 4. The summed E-state index contributed by atoms with van der Waals surface area (Å²) in [5, 5.41) is 3.48. The van der Waals surface area contributed by atoms with E-state index in [2.05, 4.69) is 11.9 Å². The molecule has 1 aromatic heterocycles. The summed E-state index contributed by atoms with van der Waals surface area (Å²) in [6.45, 7) is 7.13. The number of anilines is 2. The molecule has 4 nitrogen and oxygen atoms in total. The maximum Gasteiger partial charge on any atom is 0.230 e. The second kappa shape index (κ2) is 8.86. The maximum absolute atomic E-state index is 12.4. The minimum atomic E-state index is -0.0344. The monoisotopic (exact) mass is 413 g/mol. The lowest BCUT2D eigenvalue weighted by molar-refractivity contribution is -0.115. The second-order valence-corrected chi connectivity index (χ2v) is 8.29. The topological polar surface area (TPSA) is 36.4 Å². The van der Waals surface area contributed by atoms with Crippen LogP contribution in [0.3, 0.4) is 0 Å². The van der Waals surface area contributed by atoms with E-state index >= 15 is 0 Å². The molecule has 0 fully saturated rings. The van der Waals surface area contributed by atoms with Crippen LogP contribution in [0.15, 0.2) is 47.8 Å². The van der Waals surface area contributed by atoms with Gasteiger partial charge in [-0.15, -0.1) is 11.3 Å². The number of hydrogen-bond donors (Lipinski definition) is 0. The highest BCUT2D eigenvalue weighted by atomic mass is 35.5. The van der Waals surface area contributed by atoms with Gasteiger partial charge in [-0.3, -0.25) is 14.6 Å². The minimum absolute atomic E-state index is 0.0344. The van der Waals surface area contributed by atoms with Crippen LogP contribution in [0.25, 0.3) is 0 Å². The summed E-state index contributed by atoms with van der Waals surface area (Å²) >= 11 is 7.45. The number of carbonyl (C=O) groups excluding carboxylic acids is 1. The van der Waals surface area contributed by atoms with E-state index in [9.17, 15) is 4.79 Å². The van der Waals surface area contributed by atoms with Crippen LogP contribution in [0.4, 0.5) is 10.8 Å². The summed E-state index contributed by atoms with van der Waals surface area (Å²) < 4.78 is 0. The number of carbonyl (C=O) groups is 1. The number of aryl methyl sites for hydroxylation is 2. The summed E-state index contributed by atoms with van der Waals surface area (Å²) in [4.78, 5) is 21.1. The van der Waals surface area contributed by atoms with Crippen molar-refractivity contribution in [1.29, 1.82) is 0 Å². The highest BCUT2D eigenvalue weighted by Crippen LogP contribution is 2.33. The quantitative estimate of drug-likeness (QED) is 0.517. The van der Waals surface area contributed by atoms with Gasteiger partial charge in [-0.05, 0) is 49.7 Å². The molecule has 0 aliphatic rings. The number of aromatic nitrogens is 1. The molecule has 0 bridgehead atoms. The molecule has 28 heavy (non-hydrogen) atoms. The highest BCUT2D eigenvalue weighted by Gasteiger charge is 2.21. The van der Waals surface area contributed by atoms with Crippen molar-refractivity contribution in [2.24, 2.45) is 0 Å². The predicted octanol–water partition coefficient (Wildman–Crippen LogP) is 5.73. The molecule has 0 radical (unpaired) electrons. The maximum atomic E-state index is 12.4. The van der Waals surface area contributed by atoms with Crippen molar-refractivity contribution in [2.75, 3.05) is 11.9 Å². The summed E-state index contributed by atoms with van der Waals surface area (Å²) in [6.07, 6.45) is 0. The van der Waals surface area contributed by atoms with Crippen molar-refractivity contribution >= 4 is 39.7 Å². The number of thiazole rings is 1. The third kappa shape index (κ3) is 4.79. The minimum Gasteiger partial charge on any atom is -0.296 e. The zero-order chi connectivity index (χ0) is 20.3. The average molecular weight is 414 g/mol. The molecule has 3 rings (SSSR count). The Kier molecular flexibility index (Phi) is 6.50. The van der Waals surface area contributed by atoms with Crippen LogP contribution in [0, 0.1) is 13.8 Å². The first-order valence-corrected chi connectivity index (χ1v) is 10.3. The molecule has 0 aliphatic carbocycles. The normalized spacial score (nSPS) is 11.1. The van der Waals surface area contributed by atoms with Crippen molar-refractivity contribution in [3.8, 4) is 0 Å². The smallest absolute Gasteiger partial charge is 0.230 e. The lowest BCUT2D eigenvalue weighted by Crippen LogP contribution is -2.24. The largest absolute Gasteiger partial charge is 0.296 e. The molecule has 0 saturated carbocycles. The summed E-state index contributed by atoms with van der Waals surface area (Å²) in [5.41, 5.74) is 5.20. The Morgan fingerprint density at radius 2 is 1.71 bits per heavy atom. The Bertz CT molecular complexity index is 948. The molecule has 146 valence electrons. The molecule has 0 saturated heterocycles. The van der Waals surface area contributed by atoms with E-state index in [0.717, 1.165) is 34.1 Å². The average Bonchev–Trinajstić information content (AvgIpc) is 3.07. The SMILES string of the molecule is CC(=O)N(c1nc(CN(C)Cc2ccc(Cl)cc2)cs1)c1c(C)cccc1C. The fourth-order valence-electron chi connectivity index (χ4n) is 3.25. The highest BCUT2D eigenvalue weighted by molar-refractivity contribution is 7.14. The summed E-state index contributed by atoms with van der Waals surface area (Å²) in [7, 11) is 2.06. The van der Waals surface area contributed by atoms with E-state index in [-0.39, 0.29) is 5.91 Å². The Balaban J connectivity index is 1.77. The molecule has 1 heterocycles. The zero-order valence-electron chi connectivity index (χ0n) is 16.6. The van der Waals surface area contributed by atoms with Crippen LogP contribution in [0.2, 0.25) is 5.02 Å². The van der Waals surface area contributed by atoms with Crippen molar-refractivity contribution in [2.45, 2.75) is 33.9 Å². The van der Waals surface area contributed by atoms with Gasteiger partial charge in [0.15, 0.2) is 5.13 Å². The molecule has 0 N–H and O–H groups in total. The molecular weight excluding hydrogens is 390 g/mol. The number of benzene rings is 2. The number of halogens is 1. The van der Waals surface area contributed by atoms with Crippen LogP contribution in [0.1, 0.15) is 29.3 Å². The van der Waals surface area contributed by atoms with Crippen molar-refractivity contribution in [1.82, 2.24) is 9.88 Å². The molecule has 0 atom stereocenters. The Labute approximate surface area is 175 Å². The first kappa shape index (κ1) is 20.5. The molecule has 0 unspecified atom stereocenters. The molecule has 0 spiro atoms. The van der Waals surface area contributed by atoms with Crippen molar-refractivity contribution in [3.63, 3.8) is 0 Å². The van der Waals surface area contributed by atoms with Gasteiger partial charge in [0.1, 0.15) is 0 Å². The number of nitrogens with zero attached hydrogens (tertiary/aromatic N) is 3. The van der Waals surface area contributed by atoms with Crippen LogP contribution >= 0.6 is 22.9 Å². The summed E-state index contributed by atoms with van der Waals surface area (Å²) in [6, 6.07) is 13.9. The van der Waals surface area contributed by atoms with Gasteiger partial charge in [0.2, 0.25) is 5.91 Å². The van der Waals surface area contributed by atoms with Gasteiger partial charge in [-0.25, -0.2) is 4.98 Å². The molecule has 1 amide bonds. The fourth-order valence-corrected chi connectivity index (χ4v) is 4.24. The molecule has 2 aromatic carbocycles. The van der Waals surface area contributed by atoms with Crippen LogP contribution in [-0.2, 0) is 17.9 Å². The standard InChI is InChI=1S/C22H24ClN3OS/c1-15-6-5-7-16(2)21(15)26(17(3)27)22-24-20(14-28-22)13-25(4)12-18-8-10-19(23)11-9-18/h5-11,14H,12-13H2,1-4H3. The van der Waals surface area contributed by atoms with Crippen LogP contribution in [0.5, 0.6) is 0 Å². The summed E-state index contributed by atoms with van der Waals surface area (Å²) in [5.74, 6) is -0.0344. The predicted molar refractivity (Wildman–Crippen MR) is 117 cm³/mol. The number of amides is 1. The lowest BCUT2D eigenvalue weighted by Gasteiger charge is -2.22. The van der Waals surface area contributed by atoms with Crippen molar-refractivity contribution in [3.05, 3.63) is 75.3 Å². The van der Waals surface area contributed by atoms with E-state index in [4.69, 9.17) is 16.6 Å². The van der Waals surface area contributed by atoms with E-state index in [0.29, 0.717) is 11.7 Å². The van der Waals surface area contributed by atoms with Gasteiger partial charge < -0.3 is 0 Å². The first-order chi connectivity index (χ1) is 13.3. The van der Waals surface area contributed by atoms with E-state index in [1.165, 1.54) is 16.9 Å². The number of para-hydroxylation sites is 1. The van der Waals surface area contributed by atoms with Gasteiger partial charge in [0.25, 0.3) is 0 Å². The Hall–Kier alpha value is -2.21. The van der Waals surface area contributed by atoms with Gasteiger partial charge in [0.05, 0.1) is 11.4 Å². The third-order valence-corrected chi connectivity index (χ3v) is 5.63. The van der Waals surface area contributed by atoms with Gasteiger partial charge >= 0.3 is 0 Å². The van der Waals surface area contributed by atoms with E-state index in [1.807, 2.05) is 61.7 Å². The van der Waals surface area contributed by atoms with Gasteiger partial charge in [-0.2, -0.15) is 0 Å². The first-order valence-electron chi connectivity index (χ1n) is 9.09. The Morgan fingerprint density at radius 3 is 2.32 bits per heavy atom. The van der Waals surface area contributed by atoms with Gasteiger partial charge in [0, 0.05) is 30.4 Å². The van der Waals surface area contributed by atoms with E-state index < -0.39 is 0 Å².